The van der Waals surface area contributed by atoms with Gasteiger partial charge in [0.2, 0.25) is 0 Å². The number of ketones is 1. The summed E-state index contributed by atoms with van der Waals surface area (Å²) >= 11 is 0. The third-order valence-electron chi connectivity index (χ3n) is 5.22. The summed E-state index contributed by atoms with van der Waals surface area (Å²) in [7, 11) is 1.61. The number of hydrogen-bond acceptors (Lipinski definition) is 5. The van der Waals surface area contributed by atoms with E-state index < -0.39 is 0 Å². The Bertz CT molecular complexity index is 1110. The van der Waals surface area contributed by atoms with Gasteiger partial charge in [-0.1, -0.05) is 42.5 Å². The van der Waals surface area contributed by atoms with E-state index in [0.717, 1.165) is 10.9 Å². The number of methoxy groups -OCH3 is 1. The molecule has 0 fully saturated rings. The molecule has 3 aromatic rings. The van der Waals surface area contributed by atoms with Crippen molar-refractivity contribution in [2.75, 3.05) is 7.11 Å². The van der Waals surface area contributed by atoms with Crippen molar-refractivity contribution in [2.45, 2.75) is 32.3 Å². The molecule has 4 rings (SSSR count). The van der Waals surface area contributed by atoms with E-state index in [2.05, 4.69) is 4.99 Å². The van der Waals surface area contributed by atoms with Crippen molar-refractivity contribution in [3.05, 3.63) is 77.3 Å². The molecule has 1 aromatic heterocycles. The molecule has 0 amide bonds. The largest absolute Gasteiger partial charge is 0.511 e. The molecule has 0 bridgehead atoms. The Kier molecular flexibility index (Phi) is 5.32. The summed E-state index contributed by atoms with van der Waals surface area (Å²) in [5, 5.41) is 11.6. The topological polar surface area (TPSA) is 72.0 Å². The number of aliphatic hydroxyl groups is 1. The van der Waals surface area contributed by atoms with Crippen molar-refractivity contribution >= 4 is 28.2 Å². The number of para-hydroxylation sites is 1. The first-order chi connectivity index (χ1) is 14.1. The van der Waals surface area contributed by atoms with Crippen LogP contribution in [0.3, 0.4) is 0 Å². The summed E-state index contributed by atoms with van der Waals surface area (Å²) in [5.74, 6) is 0.716. The van der Waals surface area contributed by atoms with Gasteiger partial charge in [0.15, 0.2) is 11.4 Å². The summed E-state index contributed by atoms with van der Waals surface area (Å²) in [6.07, 6.45) is 0.792. The normalized spacial score (nSPS) is 17.9. The zero-order valence-electron chi connectivity index (χ0n) is 16.5. The van der Waals surface area contributed by atoms with Crippen LogP contribution in [0.25, 0.3) is 11.0 Å². The van der Waals surface area contributed by atoms with Gasteiger partial charge in [-0.25, -0.2) is 4.99 Å². The molecule has 1 unspecified atom stereocenters. The first kappa shape index (κ1) is 19.2. The molecule has 148 valence electrons. The number of nitrogens with zero attached hydrogens (tertiary/aromatic N) is 1. The van der Waals surface area contributed by atoms with E-state index in [4.69, 9.17) is 9.15 Å². The lowest BCUT2D eigenvalue weighted by Crippen LogP contribution is -2.22. The van der Waals surface area contributed by atoms with Crippen molar-refractivity contribution in [3.8, 4) is 0 Å². The number of hydrogen-bond donors (Lipinski definition) is 1. The molecule has 29 heavy (non-hydrogen) atoms. The Morgan fingerprint density at radius 3 is 2.69 bits per heavy atom. The van der Waals surface area contributed by atoms with Gasteiger partial charge in [-0.05, 0) is 30.5 Å². The number of rotatable bonds is 5. The monoisotopic (exact) mass is 389 g/mol. The zero-order valence-corrected chi connectivity index (χ0v) is 16.5. The number of fused-ring (bicyclic) bond motifs is 1. The molecule has 1 aliphatic carbocycles. The first-order valence-electron chi connectivity index (χ1n) is 9.63. The van der Waals surface area contributed by atoms with E-state index >= 15 is 0 Å². The molecule has 0 spiro atoms. The van der Waals surface area contributed by atoms with Crippen LogP contribution in [0.2, 0.25) is 0 Å². The van der Waals surface area contributed by atoms with E-state index in [1.807, 2.05) is 54.6 Å². The van der Waals surface area contributed by atoms with Crippen molar-refractivity contribution < 1.29 is 19.1 Å². The summed E-state index contributed by atoms with van der Waals surface area (Å²) in [4.78, 5) is 17.5. The van der Waals surface area contributed by atoms with Crippen LogP contribution in [0.15, 0.2) is 75.3 Å². The van der Waals surface area contributed by atoms with Gasteiger partial charge in [0.05, 0.1) is 11.3 Å². The minimum atomic E-state index is -0.0875. The number of Topliss-reactive ketones (excluding diaryl/α,β-unsaturated/α-hetero) is 1. The number of benzene rings is 2. The fraction of sp³-hybridized carbons (Fsp3) is 0.250. The highest BCUT2D eigenvalue weighted by Gasteiger charge is 2.30. The fourth-order valence-corrected chi connectivity index (χ4v) is 3.90. The SMILES string of the molecule is COCc1cc2cccc(N=C(C)C3=C(O)CC(c4ccccc4)CC3=O)c2o1. The van der Waals surface area contributed by atoms with Crippen LogP contribution in [-0.4, -0.2) is 23.7 Å². The Morgan fingerprint density at radius 1 is 1.17 bits per heavy atom. The number of furan rings is 1. The van der Waals surface area contributed by atoms with Crippen LogP contribution in [0, 0.1) is 0 Å². The van der Waals surface area contributed by atoms with Gasteiger partial charge in [-0.3, -0.25) is 4.79 Å². The summed E-state index contributed by atoms with van der Waals surface area (Å²) in [6.45, 7) is 2.13. The maximum Gasteiger partial charge on any atom is 0.168 e. The lowest BCUT2D eigenvalue weighted by molar-refractivity contribution is -0.116. The van der Waals surface area contributed by atoms with Gasteiger partial charge >= 0.3 is 0 Å². The van der Waals surface area contributed by atoms with Crippen molar-refractivity contribution in [1.29, 1.82) is 0 Å². The molecular weight excluding hydrogens is 366 g/mol. The molecule has 1 atom stereocenters. The highest BCUT2D eigenvalue weighted by atomic mass is 16.5. The highest BCUT2D eigenvalue weighted by molar-refractivity contribution is 6.23. The molecule has 1 N–H and O–H groups in total. The van der Waals surface area contributed by atoms with E-state index in [9.17, 15) is 9.90 Å². The van der Waals surface area contributed by atoms with Crippen LogP contribution in [-0.2, 0) is 16.1 Å². The van der Waals surface area contributed by atoms with Crippen molar-refractivity contribution in [3.63, 3.8) is 0 Å². The maximum absolute atomic E-state index is 12.8. The number of carbonyl (C=O) groups is 1. The molecule has 0 saturated carbocycles. The smallest absolute Gasteiger partial charge is 0.168 e. The minimum absolute atomic E-state index is 0.00893. The van der Waals surface area contributed by atoms with Crippen LogP contribution in [0.4, 0.5) is 5.69 Å². The van der Waals surface area contributed by atoms with Crippen molar-refractivity contribution in [2.24, 2.45) is 4.99 Å². The number of aliphatic hydroxyl groups excluding tert-OH is 1. The Hall–Kier alpha value is -3.18. The molecule has 2 aromatic carbocycles. The Labute approximate surface area is 169 Å². The average Bonchev–Trinajstić information content (AvgIpc) is 3.12. The van der Waals surface area contributed by atoms with Gasteiger partial charge in [0.1, 0.15) is 23.8 Å². The fourth-order valence-electron chi connectivity index (χ4n) is 3.90. The quantitative estimate of drug-likeness (QED) is 0.574. The predicted octanol–water partition coefficient (Wildman–Crippen LogP) is 5.63. The van der Waals surface area contributed by atoms with Gasteiger partial charge in [-0.2, -0.15) is 0 Å². The summed E-state index contributed by atoms with van der Waals surface area (Å²) in [6, 6.07) is 17.4. The van der Waals surface area contributed by atoms with Gasteiger partial charge in [0.25, 0.3) is 0 Å². The predicted molar refractivity (Wildman–Crippen MR) is 113 cm³/mol. The molecular formula is C24H23NO4. The van der Waals surface area contributed by atoms with Crippen LogP contribution in [0.5, 0.6) is 0 Å². The standard InChI is InChI=1S/C24H23NO4/c1-15(25-20-10-6-9-17-11-19(14-28-2)29-24(17)20)23-21(26)12-18(13-22(23)27)16-7-4-3-5-8-16/h3-11,18,26H,12-14H2,1-2H3. The van der Waals surface area contributed by atoms with Crippen LogP contribution >= 0.6 is 0 Å². The lowest BCUT2D eigenvalue weighted by Gasteiger charge is -2.23. The van der Waals surface area contributed by atoms with Crippen LogP contribution in [0.1, 0.15) is 37.0 Å². The number of aliphatic imine (C=N–C) groups is 1. The second-order valence-electron chi connectivity index (χ2n) is 7.30. The number of allylic oxidation sites excluding steroid dienone is 2. The molecule has 0 saturated heterocycles. The van der Waals surface area contributed by atoms with E-state index in [-0.39, 0.29) is 17.5 Å². The highest BCUT2D eigenvalue weighted by Crippen LogP contribution is 2.35. The third kappa shape index (κ3) is 3.87. The molecule has 1 heterocycles. The summed E-state index contributed by atoms with van der Waals surface area (Å²) < 4.78 is 11.0. The molecule has 0 radical (unpaired) electrons. The second-order valence-corrected chi connectivity index (χ2v) is 7.30. The minimum Gasteiger partial charge on any atom is -0.511 e. The van der Waals surface area contributed by atoms with Gasteiger partial charge < -0.3 is 14.3 Å². The molecule has 1 aliphatic rings. The van der Waals surface area contributed by atoms with E-state index in [1.165, 1.54) is 0 Å². The average molecular weight is 389 g/mol. The Morgan fingerprint density at radius 2 is 1.97 bits per heavy atom. The lowest BCUT2D eigenvalue weighted by atomic mass is 9.81. The van der Waals surface area contributed by atoms with E-state index in [0.29, 0.717) is 47.8 Å². The maximum atomic E-state index is 12.8. The van der Waals surface area contributed by atoms with Gasteiger partial charge in [0, 0.05) is 25.3 Å². The molecule has 5 heteroatoms. The molecule has 5 nitrogen and oxygen atoms in total. The summed E-state index contributed by atoms with van der Waals surface area (Å²) in [5.41, 5.74) is 3.14. The van der Waals surface area contributed by atoms with Gasteiger partial charge in [-0.15, -0.1) is 0 Å². The van der Waals surface area contributed by atoms with E-state index in [1.54, 1.807) is 14.0 Å². The van der Waals surface area contributed by atoms with Crippen LogP contribution < -0.4 is 0 Å². The Balaban J connectivity index is 1.67. The third-order valence-corrected chi connectivity index (χ3v) is 5.22. The number of ether oxygens (including phenoxy) is 1. The van der Waals surface area contributed by atoms with Crippen molar-refractivity contribution in [1.82, 2.24) is 0 Å². The first-order valence-corrected chi connectivity index (χ1v) is 9.63. The zero-order chi connectivity index (χ0) is 20.4. The second kappa shape index (κ2) is 8.05. The number of carbonyl (C=O) groups excluding carboxylic acids is 1. The molecule has 0 aliphatic heterocycles.